The predicted octanol–water partition coefficient (Wildman–Crippen LogP) is 0.844. The Morgan fingerprint density at radius 2 is 2.38 bits per heavy atom. The minimum Gasteiger partial charge on any atom is -0.481 e. The summed E-state index contributed by atoms with van der Waals surface area (Å²) in [6.45, 7) is 0. The lowest BCUT2D eigenvalue weighted by Gasteiger charge is -2.16. The van der Waals surface area contributed by atoms with Crippen LogP contribution in [0.3, 0.4) is 0 Å². The molecule has 1 aliphatic carbocycles. The summed E-state index contributed by atoms with van der Waals surface area (Å²) in [7, 11) is 0. The topological polar surface area (TPSA) is 70.2 Å². The normalized spacial score (nSPS) is 21.2. The zero-order valence-corrected chi connectivity index (χ0v) is 6.91. The molecule has 0 spiro atoms. The van der Waals surface area contributed by atoms with Gasteiger partial charge in [0.2, 0.25) is 0 Å². The van der Waals surface area contributed by atoms with Gasteiger partial charge in [-0.15, -0.1) is 0 Å². The largest absolute Gasteiger partial charge is 0.481 e. The van der Waals surface area contributed by atoms with Gasteiger partial charge >= 0.3 is 5.97 Å². The summed E-state index contributed by atoms with van der Waals surface area (Å²) in [6.07, 6.45) is 2.76. The molecule has 1 heterocycles. The summed E-state index contributed by atoms with van der Waals surface area (Å²) in [5.41, 5.74) is 1.40. The van der Waals surface area contributed by atoms with Gasteiger partial charge in [0.1, 0.15) is 5.92 Å². The van der Waals surface area contributed by atoms with Crippen molar-refractivity contribution in [3.63, 3.8) is 0 Å². The maximum Gasteiger partial charge on any atom is 0.314 e. The van der Waals surface area contributed by atoms with E-state index in [-0.39, 0.29) is 5.78 Å². The van der Waals surface area contributed by atoms with Crippen LogP contribution in [0.4, 0.5) is 0 Å². The van der Waals surface area contributed by atoms with Crippen LogP contribution in [0.2, 0.25) is 0 Å². The van der Waals surface area contributed by atoms with E-state index in [0.29, 0.717) is 18.5 Å². The molecule has 4 nitrogen and oxygen atoms in total. The molecule has 13 heavy (non-hydrogen) atoms. The lowest BCUT2D eigenvalue weighted by Crippen LogP contribution is -2.29. The molecular formula is C9H9NO3. The fraction of sp³-hybridized carbons (Fsp3) is 0.333. The standard InChI is InChI=1S/C9H9NO3/c11-8-6(9(12)13)2-1-5-3-4-10-7(5)8/h3-4,6,10H,1-2H2,(H,12,13). The number of carboxylic acid groups (broad SMARTS) is 1. The van der Waals surface area contributed by atoms with Crippen molar-refractivity contribution in [1.29, 1.82) is 0 Å². The van der Waals surface area contributed by atoms with Gasteiger partial charge in [-0.3, -0.25) is 9.59 Å². The average molecular weight is 179 g/mol. The highest BCUT2D eigenvalue weighted by atomic mass is 16.4. The zero-order valence-electron chi connectivity index (χ0n) is 6.91. The van der Waals surface area contributed by atoms with Crippen molar-refractivity contribution in [2.24, 2.45) is 5.92 Å². The number of carbonyl (C=O) groups excluding carboxylic acids is 1. The van der Waals surface area contributed by atoms with Crippen LogP contribution in [0.1, 0.15) is 22.5 Å². The molecule has 0 fully saturated rings. The Morgan fingerprint density at radius 3 is 3.08 bits per heavy atom. The molecule has 1 atom stereocenters. The second-order valence-electron chi connectivity index (χ2n) is 3.17. The predicted molar refractivity (Wildman–Crippen MR) is 44.6 cm³/mol. The van der Waals surface area contributed by atoms with E-state index in [2.05, 4.69) is 4.98 Å². The highest BCUT2D eigenvalue weighted by Crippen LogP contribution is 2.24. The number of Topliss-reactive ketones (excluding diaryl/α,β-unsaturated/α-hetero) is 1. The fourth-order valence-electron chi connectivity index (χ4n) is 1.68. The van der Waals surface area contributed by atoms with Gasteiger partial charge in [-0.1, -0.05) is 0 Å². The van der Waals surface area contributed by atoms with Gasteiger partial charge in [-0.25, -0.2) is 0 Å². The van der Waals surface area contributed by atoms with Crippen LogP contribution >= 0.6 is 0 Å². The van der Waals surface area contributed by atoms with E-state index >= 15 is 0 Å². The molecule has 4 heteroatoms. The van der Waals surface area contributed by atoms with Crippen molar-refractivity contribution < 1.29 is 14.7 Å². The number of aliphatic carboxylic acids is 1. The molecule has 1 unspecified atom stereocenters. The first kappa shape index (κ1) is 8.04. The monoisotopic (exact) mass is 179 g/mol. The number of aromatic amines is 1. The van der Waals surface area contributed by atoms with Crippen LogP contribution in [-0.2, 0) is 11.2 Å². The molecule has 1 aliphatic rings. The van der Waals surface area contributed by atoms with Gasteiger partial charge in [0.25, 0.3) is 0 Å². The molecule has 0 aromatic carbocycles. The Hall–Kier alpha value is -1.58. The SMILES string of the molecule is O=C(O)C1CCc2cc[nH]c2C1=O. The van der Waals surface area contributed by atoms with Gasteiger partial charge in [-0.2, -0.15) is 0 Å². The van der Waals surface area contributed by atoms with Crippen LogP contribution < -0.4 is 0 Å². The molecule has 0 saturated carbocycles. The lowest BCUT2D eigenvalue weighted by atomic mass is 9.87. The number of nitrogens with one attached hydrogen (secondary N) is 1. The molecule has 2 N–H and O–H groups in total. The fourth-order valence-corrected chi connectivity index (χ4v) is 1.68. The summed E-state index contributed by atoms with van der Waals surface area (Å²) >= 11 is 0. The van der Waals surface area contributed by atoms with Gasteiger partial charge < -0.3 is 10.1 Å². The highest BCUT2D eigenvalue weighted by molar-refractivity contribution is 6.08. The molecule has 68 valence electrons. The average Bonchev–Trinajstić information content (AvgIpc) is 2.52. The van der Waals surface area contributed by atoms with Crippen LogP contribution in [0.5, 0.6) is 0 Å². The van der Waals surface area contributed by atoms with Gasteiger partial charge in [0.05, 0.1) is 5.69 Å². The van der Waals surface area contributed by atoms with Crippen molar-refractivity contribution in [1.82, 2.24) is 4.98 Å². The molecular weight excluding hydrogens is 170 g/mol. The number of rotatable bonds is 1. The van der Waals surface area contributed by atoms with Crippen molar-refractivity contribution in [3.05, 3.63) is 23.5 Å². The molecule has 1 aromatic rings. The van der Waals surface area contributed by atoms with Crippen molar-refractivity contribution in [2.75, 3.05) is 0 Å². The summed E-state index contributed by atoms with van der Waals surface area (Å²) in [5, 5.41) is 8.74. The maximum absolute atomic E-state index is 11.5. The zero-order chi connectivity index (χ0) is 9.42. The van der Waals surface area contributed by atoms with Crippen LogP contribution in [-0.4, -0.2) is 21.8 Å². The van der Waals surface area contributed by atoms with Crippen molar-refractivity contribution in [2.45, 2.75) is 12.8 Å². The van der Waals surface area contributed by atoms with Gasteiger partial charge in [0.15, 0.2) is 5.78 Å². The smallest absolute Gasteiger partial charge is 0.314 e. The third kappa shape index (κ3) is 1.14. The maximum atomic E-state index is 11.5. The van der Waals surface area contributed by atoms with Crippen molar-refractivity contribution >= 4 is 11.8 Å². The first-order valence-corrected chi connectivity index (χ1v) is 4.13. The van der Waals surface area contributed by atoms with Crippen LogP contribution in [0, 0.1) is 5.92 Å². The first-order valence-electron chi connectivity index (χ1n) is 4.13. The Balaban J connectivity index is 2.38. The second kappa shape index (κ2) is 2.73. The van der Waals surface area contributed by atoms with E-state index in [9.17, 15) is 9.59 Å². The van der Waals surface area contributed by atoms with E-state index in [1.807, 2.05) is 6.07 Å². The van der Waals surface area contributed by atoms with Gasteiger partial charge in [-0.05, 0) is 24.5 Å². The van der Waals surface area contributed by atoms with E-state index in [0.717, 1.165) is 5.56 Å². The summed E-state index contributed by atoms with van der Waals surface area (Å²) < 4.78 is 0. The van der Waals surface area contributed by atoms with E-state index in [1.54, 1.807) is 6.20 Å². The number of aromatic nitrogens is 1. The van der Waals surface area contributed by atoms with E-state index in [1.165, 1.54) is 0 Å². The number of fused-ring (bicyclic) bond motifs is 1. The van der Waals surface area contributed by atoms with Crippen LogP contribution in [0.15, 0.2) is 12.3 Å². The Kier molecular flexibility index (Phi) is 1.69. The Morgan fingerprint density at radius 1 is 1.62 bits per heavy atom. The van der Waals surface area contributed by atoms with Gasteiger partial charge in [0, 0.05) is 6.20 Å². The summed E-state index contributed by atoms with van der Waals surface area (Å²) in [6, 6.07) is 1.82. The minimum absolute atomic E-state index is 0.293. The molecule has 1 aromatic heterocycles. The number of hydrogen-bond donors (Lipinski definition) is 2. The summed E-state index contributed by atoms with van der Waals surface area (Å²) in [5.74, 6) is -2.17. The molecule has 0 bridgehead atoms. The Labute approximate surface area is 74.6 Å². The van der Waals surface area contributed by atoms with E-state index < -0.39 is 11.9 Å². The number of carboxylic acids is 1. The number of hydrogen-bond acceptors (Lipinski definition) is 2. The molecule has 0 aliphatic heterocycles. The quantitative estimate of drug-likeness (QED) is 0.627. The van der Waals surface area contributed by atoms with Crippen LogP contribution in [0.25, 0.3) is 0 Å². The molecule has 0 radical (unpaired) electrons. The summed E-state index contributed by atoms with van der Waals surface area (Å²) in [4.78, 5) is 24.9. The first-order chi connectivity index (χ1) is 6.20. The lowest BCUT2D eigenvalue weighted by molar-refractivity contribution is -0.140. The highest BCUT2D eigenvalue weighted by Gasteiger charge is 2.33. The number of carbonyl (C=O) groups is 2. The third-order valence-corrected chi connectivity index (χ3v) is 2.40. The number of aryl methyl sites for hydroxylation is 1. The minimum atomic E-state index is -1.02. The third-order valence-electron chi connectivity index (χ3n) is 2.40. The molecule has 2 rings (SSSR count). The second-order valence-corrected chi connectivity index (χ2v) is 3.17. The molecule has 0 saturated heterocycles. The van der Waals surface area contributed by atoms with Crippen molar-refractivity contribution in [3.8, 4) is 0 Å². The number of H-pyrrole nitrogens is 1. The Bertz CT molecular complexity index is 367. The number of ketones is 1. The van der Waals surface area contributed by atoms with E-state index in [4.69, 9.17) is 5.11 Å². The molecule has 0 amide bonds.